The molecule has 39 heavy (non-hydrogen) atoms. The van der Waals surface area contributed by atoms with Gasteiger partial charge in [-0.1, -0.05) is 11.6 Å². The summed E-state index contributed by atoms with van der Waals surface area (Å²) in [6, 6.07) is 4.15. The van der Waals surface area contributed by atoms with E-state index in [0.29, 0.717) is 25.0 Å². The van der Waals surface area contributed by atoms with Crippen LogP contribution in [0.2, 0.25) is 5.02 Å². The number of anilines is 1. The van der Waals surface area contributed by atoms with Crippen molar-refractivity contribution in [3.05, 3.63) is 58.4 Å². The molecule has 4 rings (SSSR count). The Hall–Kier alpha value is -2.18. The number of nitrogens with one attached hydrogen (secondary N) is 1. The highest BCUT2D eigenvalue weighted by Crippen LogP contribution is 2.54. The number of nitrogens with two attached hydrogens (primary N) is 1. The molecule has 214 valence electrons. The van der Waals surface area contributed by atoms with Crippen molar-refractivity contribution in [2.24, 2.45) is 17.6 Å². The summed E-state index contributed by atoms with van der Waals surface area (Å²) in [7, 11) is -4.04. The largest absolute Gasteiger partial charge is 0.389 e. The molecule has 0 spiro atoms. The van der Waals surface area contributed by atoms with E-state index in [1.807, 2.05) is 0 Å². The van der Waals surface area contributed by atoms with Gasteiger partial charge in [0.05, 0.1) is 26.8 Å². The van der Waals surface area contributed by atoms with E-state index in [1.165, 1.54) is 12.1 Å². The van der Waals surface area contributed by atoms with Gasteiger partial charge in [0.25, 0.3) is 5.91 Å². The van der Waals surface area contributed by atoms with Gasteiger partial charge >= 0.3 is 0 Å². The van der Waals surface area contributed by atoms with E-state index in [1.54, 1.807) is 6.92 Å². The summed E-state index contributed by atoms with van der Waals surface area (Å²) < 4.78 is 67.5. The number of ketones is 1. The fourth-order valence-corrected chi connectivity index (χ4v) is 8.10. The van der Waals surface area contributed by atoms with Crippen LogP contribution in [0.25, 0.3) is 0 Å². The first-order chi connectivity index (χ1) is 17.7. The van der Waals surface area contributed by atoms with Gasteiger partial charge in [0.1, 0.15) is 5.78 Å². The molecule has 2 saturated carbocycles. The predicted octanol–water partition coefficient (Wildman–Crippen LogP) is 4.82. The van der Waals surface area contributed by atoms with Gasteiger partial charge < -0.3 is 16.2 Å². The maximum atomic E-state index is 13.6. The van der Waals surface area contributed by atoms with Crippen LogP contribution in [0, 0.1) is 29.3 Å². The average molecular weight is 609 g/mol. The lowest BCUT2D eigenvalue weighted by molar-refractivity contribution is -0.123. The molecule has 3 unspecified atom stereocenters. The fourth-order valence-electron chi connectivity index (χ4n) is 5.70. The second kappa shape index (κ2) is 11.7. The van der Waals surface area contributed by atoms with Crippen molar-refractivity contribution in [2.75, 3.05) is 5.32 Å². The van der Waals surface area contributed by atoms with Crippen molar-refractivity contribution in [3.63, 3.8) is 0 Å². The van der Waals surface area contributed by atoms with Crippen LogP contribution in [0.1, 0.15) is 55.8 Å². The summed E-state index contributed by atoms with van der Waals surface area (Å²) in [5.41, 5.74) is 4.00. The molecule has 0 radical (unpaired) electrons. The molecular weight excluding hydrogens is 580 g/mol. The van der Waals surface area contributed by atoms with Crippen molar-refractivity contribution in [3.8, 4) is 0 Å². The molecule has 2 fully saturated rings. The molecule has 2 aromatic rings. The topological polar surface area (TPSA) is 127 Å². The average Bonchev–Trinajstić information content (AvgIpc) is 3.01. The first-order valence-electron chi connectivity index (χ1n) is 12.2. The standard InChI is InChI=1S/C26H28ClF3N2O5S.ClH/c1-13(31)22(33)6-7-26(35)15-3-4-16(26)10-18(9-15)38(36,37)23-8-14(2-5-19(23)27)25(34)32-17-11-20(28)24(30)21(29)12-17;/h2,5,8,11-13,15-16,18,35H,3-4,6-7,9-10,31H2,1H3,(H,32,34);1H/t13-,15-,16?,18?,26?;/m0./s1. The minimum Gasteiger partial charge on any atom is -0.389 e. The number of sulfone groups is 1. The Balaban J connectivity index is 0.00000420. The van der Waals surface area contributed by atoms with Crippen LogP contribution in [-0.4, -0.2) is 42.1 Å². The highest BCUT2D eigenvalue weighted by atomic mass is 35.5. The normalized spacial score (nSPS) is 25.1. The third-order valence-corrected chi connectivity index (χ3v) is 10.5. The number of amides is 1. The van der Waals surface area contributed by atoms with Crippen LogP contribution in [0.15, 0.2) is 35.2 Å². The molecule has 0 aromatic heterocycles. The molecule has 0 heterocycles. The Morgan fingerprint density at radius 1 is 1.13 bits per heavy atom. The maximum absolute atomic E-state index is 13.6. The quantitative estimate of drug-likeness (QED) is 0.369. The smallest absolute Gasteiger partial charge is 0.255 e. The first-order valence-corrected chi connectivity index (χ1v) is 14.2. The second-order valence-electron chi connectivity index (χ2n) is 10.2. The number of hydrogen-bond acceptors (Lipinski definition) is 6. The predicted molar refractivity (Wildman–Crippen MR) is 142 cm³/mol. The van der Waals surface area contributed by atoms with Crippen LogP contribution >= 0.6 is 24.0 Å². The number of halogens is 5. The van der Waals surface area contributed by atoms with Gasteiger partial charge in [-0.3, -0.25) is 9.59 Å². The molecule has 2 aliphatic carbocycles. The molecule has 5 atom stereocenters. The van der Waals surface area contributed by atoms with Crippen molar-refractivity contribution >= 4 is 51.2 Å². The Morgan fingerprint density at radius 2 is 1.69 bits per heavy atom. The number of hydrogen-bond donors (Lipinski definition) is 3. The molecule has 7 nitrogen and oxygen atoms in total. The molecule has 1 amide bonds. The molecule has 2 aromatic carbocycles. The Morgan fingerprint density at radius 3 is 2.23 bits per heavy atom. The highest BCUT2D eigenvalue weighted by Gasteiger charge is 2.55. The summed E-state index contributed by atoms with van der Waals surface area (Å²) in [5.74, 6) is -6.36. The van der Waals surface area contributed by atoms with Gasteiger partial charge in [-0.2, -0.15) is 0 Å². The van der Waals surface area contributed by atoms with E-state index < -0.39 is 50.1 Å². The van der Waals surface area contributed by atoms with Gasteiger partial charge in [-0.25, -0.2) is 21.6 Å². The number of benzene rings is 2. The number of carbonyl (C=O) groups excluding carboxylic acids is 2. The van der Waals surface area contributed by atoms with Crippen LogP contribution < -0.4 is 11.1 Å². The number of rotatable bonds is 8. The number of aliphatic hydroxyl groups is 1. The van der Waals surface area contributed by atoms with Crippen molar-refractivity contribution < 1.29 is 36.3 Å². The summed E-state index contributed by atoms with van der Waals surface area (Å²) in [6.07, 6.45) is 1.92. The van der Waals surface area contributed by atoms with Crippen molar-refractivity contribution in [2.45, 2.75) is 67.2 Å². The van der Waals surface area contributed by atoms with E-state index in [9.17, 15) is 36.3 Å². The Kier molecular flexibility index (Phi) is 9.44. The van der Waals surface area contributed by atoms with E-state index in [-0.39, 0.29) is 76.9 Å². The van der Waals surface area contributed by atoms with Gasteiger partial charge in [0.2, 0.25) is 0 Å². The van der Waals surface area contributed by atoms with Gasteiger partial charge in [-0.05, 0) is 69.1 Å². The van der Waals surface area contributed by atoms with Crippen molar-refractivity contribution in [1.29, 1.82) is 0 Å². The third-order valence-electron chi connectivity index (χ3n) is 7.83. The lowest BCUT2D eigenvalue weighted by Crippen LogP contribution is -2.48. The van der Waals surface area contributed by atoms with Gasteiger partial charge in [0.15, 0.2) is 27.3 Å². The molecular formula is C26H29Cl2F3N2O5S. The lowest BCUT2D eigenvalue weighted by Gasteiger charge is -2.42. The number of carbonyl (C=O) groups is 2. The zero-order chi connectivity index (χ0) is 28.0. The first kappa shape index (κ1) is 31.3. The molecule has 4 N–H and O–H groups in total. The summed E-state index contributed by atoms with van der Waals surface area (Å²) >= 11 is 6.23. The summed E-state index contributed by atoms with van der Waals surface area (Å²) in [6.45, 7) is 1.58. The van der Waals surface area contributed by atoms with Crippen LogP contribution in [-0.2, 0) is 14.6 Å². The van der Waals surface area contributed by atoms with Gasteiger partial charge in [0, 0.05) is 29.8 Å². The molecule has 13 heteroatoms. The van der Waals surface area contributed by atoms with E-state index in [4.69, 9.17) is 17.3 Å². The van der Waals surface area contributed by atoms with Crippen LogP contribution in [0.3, 0.4) is 0 Å². The molecule has 0 saturated heterocycles. The zero-order valence-corrected chi connectivity index (χ0v) is 23.3. The Labute approximate surface area is 235 Å². The monoisotopic (exact) mass is 608 g/mol. The Bertz CT molecular complexity index is 1350. The highest BCUT2D eigenvalue weighted by molar-refractivity contribution is 7.92. The summed E-state index contributed by atoms with van der Waals surface area (Å²) in [4.78, 5) is 24.5. The van der Waals surface area contributed by atoms with Gasteiger partial charge in [-0.15, -0.1) is 12.4 Å². The SMILES string of the molecule is C[C@H](N)C(=O)CCC1(O)C2CC[C@H]1CC(S(=O)(=O)c1cc(C(=O)Nc3cc(F)c(F)c(F)c3)ccc1Cl)C2.Cl. The number of fused-ring (bicyclic) bond motifs is 2. The molecule has 0 aliphatic heterocycles. The van der Waals surface area contributed by atoms with Crippen LogP contribution in [0.5, 0.6) is 0 Å². The second-order valence-corrected chi connectivity index (χ2v) is 12.8. The fraction of sp³-hybridized carbons (Fsp3) is 0.462. The number of Topliss-reactive ketones (excluding diaryl/α,β-unsaturated/α-hetero) is 1. The van der Waals surface area contributed by atoms with E-state index in [2.05, 4.69) is 5.32 Å². The summed E-state index contributed by atoms with van der Waals surface area (Å²) in [5, 5.41) is 12.6. The van der Waals surface area contributed by atoms with E-state index in [0.717, 1.165) is 6.07 Å². The zero-order valence-electron chi connectivity index (χ0n) is 20.9. The molecule has 2 bridgehead atoms. The van der Waals surface area contributed by atoms with Crippen molar-refractivity contribution in [1.82, 2.24) is 0 Å². The minimum absolute atomic E-state index is 0. The minimum atomic E-state index is -4.04. The lowest BCUT2D eigenvalue weighted by atomic mass is 9.71. The maximum Gasteiger partial charge on any atom is 0.255 e. The van der Waals surface area contributed by atoms with Crippen LogP contribution in [0.4, 0.5) is 18.9 Å². The van der Waals surface area contributed by atoms with E-state index >= 15 is 0 Å². The molecule has 2 aliphatic rings. The third kappa shape index (κ3) is 6.12.